The number of hydrogen-bond acceptors (Lipinski definition) is 0. The van der Waals surface area contributed by atoms with Crippen molar-refractivity contribution < 1.29 is 21.7 Å². The van der Waals surface area contributed by atoms with Crippen LogP contribution in [0.15, 0.2) is 54.7 Å². The minimum Gasteiger partial charge on any atom is -0.0837 e. The molecule has 88 valence electrons. The molecule has 0 saturated heterocycles. The molecule has 2 aliphatic rings. The molecule has 0 saturated carbocycles. The molecular weight excluding hydrogens is 275 g/mol. The maximum absolute atomic E-state index is 6.37. The zero-order valence-electron chi connectivity index (χ0n) is 9.99. The number of benzene rings is 1. The number of allylic oxidation sites excluding steroid dienone is 8. The molecule has 3 rings (SSSR count). The van der Waals surface area contributed by atoms with Gasteiger partial charge in [0, 0.05) is 32.3 Å². The van der Waals surface area contributed by atoms with Gasteiger partial charge in [0.2, 0.25) is 0 Å². The van der Waals surface area contributed by atoms with Gasteiger partial charge in [-0.05, 0) is 35.6 Å². The molecule has 0 atom stereocenters. The average molecular weight is 289 g/mol. The van der Waals surface area contributed by atoms with E-state index in [4.69, 9.17) is 11.6 Å². The molecule has 0 spiro atoms. The van der Waals surface area contributed by atoms with Crippen LogP contribution in [-0.4, -0.2) is 0 Å². The smallest absolute Gasteiger partial charge is 0.0487 e. The molecule has 18 heavy (non-hydrogen) atoms. The van der Waals surface area contributed by atoms with Crippen LogP contribution in [0.3, 0.4) is 0 Å². The maximum atomic E-state index is 6.37. The molecule has 0 fully saturated rings. The Morgan fingerprint density at radius 1 is 0.889 bits per heavy atom. The van der Waals surface area contributed by atoms with E-state index in [1.807, 2.05) is 12.1 Å². The Balaban J connectivity index is 0.00000120. The van der Waals surface area contributed by atoms with Gasteiger partial charge in [0.25, 0.3) is 0 Å². The predicted molar refractivity (Wildman–Crippen MR) is 74.9 cm³/mol. The molecule has 0 nitrogen and oxygen atoms in total. The van der Waals surface area contributed by atoms with Gasteiger partial charge in [0.1, 0.15) is 0 Å². The monoisotopic (exact) mass is 288 g/mol. The molecule has 2 aliphatic carbocycles. The quantitative estimate of drug-likeness (QED) is 0.670. The van der Waals surface area contributed by atoms with E-state index in [-0.39, 0.29) is 21.7 Å². The molecule has 0 unspecified atom stereocenters. The van der Waals surface area contributed by atoms with Crippen molar-refractivity contribution in [3.05, 3.63) is 70.8 Å². The van der Waals surface area contributed by atoms with Gasteiger partial charge in [-0.1, -0.05) is 60.2 Å². The fraction of sp³-hybridized carbons (Fsp3) is 0.125. The molecule has 0 N–H and O–H groups in total. The van der Waals surface area contributed by atoms with Crippen molar-refractivity contribution in [3.8, 4) is 0 Å². The van der Waals surface area contributed by atoms with E-state index >= 15 is 0 Å². The first-order chi connectivity index (χ1) is 8.36. The molecule has 1 aromatic rings. The van der Waals surface area contributed by atoms with E-state index in [1.54, 1.807) is 0 Å². The Hall–Kier alpha value is -0.816. The minimum atomic E-state index is 0. The van der Waals surface area contributed by atoms with Crippen molar-refractivity contribution >= 4 is 22.7 Å². The standard InChI is InChI=1S/C16H13Cl.Ti/c17-15-11-5-10-14(12-6-1-2-7-12)16(15)13-8-3-4-9-13;/h1-6,8,10-11H,7,9H2;. The van der Waals surface area contributed by atoms with Gasteiger partial charge < -0.3 is 0 Å². The van der Waals surface area contributed by atoms with E-state index in [1.165, 1.54) is 22.3 Å². The van der Waals surface area contributed by atoms with Gasteiger partial charge >= 0.3 is 0 Å². The summed E-state index contributed by atoms with van der Waals surface area (Å²) in [7, 11) is 0. The third kappa shape index (κ3) is 2.47. The second kappa shape index (κ2) is 5.88. The van der Waals surface area contributed by atoms with E-state index in [0.29, 0.717) is 0 Å². The predicted octanol–water partition coefficient (Wildman–Crippen LogP) is 5.02. The van der Waals surface area contributed by atoms with Crippen molar-refractivity contribution in [2.24, 2.45) is 0 Å². The normalized spacial score (nSPS) is 16.5. The maximum Gasteiger partial charge on any atom is 0.0487 e. The molecule has 0 aliphatic heterocycles. The molecule has 0 aromatic heterocycles. The van der Waals surface area contributed by atoms with E-state index in [0.717, 1.165) is 17.9 Å². The van der Waals surface area contributed by atoms with Crippen LogP contribution >= 0.6 is 11.6 Å². The second-order valence-electron chi connectivity index (χ2n) is 4.31. The minimum absolute atomic E-state index is 0. The number of hydrogen-bond donors (Lipinski definition) is 0. The van der Waals surface area contributed by atoms with Crippen molar-refractivity contribution in [1.82, 2.24) is 0 Å². The first-order valence-corrected chi connectivity index (χ1v) is 6.25. The van der Waals surface area contributed by atoms with Gasteiger partial charge in [-0.25, -0.2) is 0 Å². The molecule has 2 heteroatoms. The summed E-state index contributed by atoms with van der Waals surface area (Å²) >= 11 is 6.37. The summed E-state index contributed by atoms with van der Waals surface area (Å²) in [4.78, 5) is 0. The van der Waals surface area contributed by atoms with Gasteiger partial charge in [-0.15, -0.1) is 0 Å². The average Bonchev–Trinajstić information content (AvgIpc) is 3.02. The zero-order valence-corrected chi connectivity index (χ0v) is 12.3. The largest absolute Gasteiger partial charge is 0.0837 e. The Labute approximate surface area is 128 Å². The molecule has 0 radical (unpaired) electrons. The van der Waals surface area contributed by atoms with Crippen LogP contribution in [-0.2, 0) is 21.7 Å². The van der Waals surface area contributed by atoms with Crippen molar-refractivity contribution in [3.63, 3.8) is 0 Å². The Morgan fingerprint density at radius 2 is 1.56 bits per heavy atom. The van der Waals surface area contributed by atoms with Crippen LogP contribution < -0.4 is 0 Å². The Kier molecular flexibility index (Phi) is 4.45. The third-order valence-electron chi connectivity index (χ3n) is 3.22. The van der Waals surface area contributed by atoms with E-state index in [2.05, 4.69) is 42.5 Å². The summed E-state index contributed by atoms with van der Waals surface area (Å²) in [5.41, 5.74) is 5.15. The second-order valence-corrected chi connectivity index (χ2v) is 4.72. The summed E-state index contributed by atoms with van der Waals surface area (Å²) in [5, 5.41) is 0.852. The molecule has 1 aromatic carbocycles. The summed E-state index contributed by atoms with van der Waals surface area (Å²) in [6, 6.07) is 6.17. The number of halogens is 1. The first-order valence-electron chi connectivity index (χ1n) is 5.87. The van der Waals surface area contributed by atoms with Crippen LogP contribution in [0.1, 0.15) is 24.0 Å². The number of rotatable bonds is 2. The van der Waals surface area contributed by atoms with Gasteiger partial charge in [-0.3, -0.25) is 0 Å². The molecule has 0 heterocycles. The molecular formula is C16H13ClTi. The van der Waals surface area contributed by atoms with Crippen molar-refractivity contribution in [2.75, 3.05) is 0 Å². The van der Waals surface area contributed by atoms with Crippen LogP contribution in [0.2, 0.25) is 5.02 Å². The summed E-state index contributed by atoms with van der Waals surface area (Å²) < 4.78 is 0. The van der Waals surface area contributed by atoms with Gasteiger partial charge in [0.05, 0.1) is 0 Å². The van der Waals surface area contributed by atoms with Crippen LogP contribution in [0, 0.1) is 0 Å². The van der Waals surface area contributed by atoms with Gasteiger partial charge in [-0.2, -0.15) is 0 Å². The van der Waals surface area contributed by atoms with Crippen molar-refractivity contribution in [1.29, 1.82) is 0 Å². The van der Waals surface area contributed by atoms with Gasteiger partial charge in [0.15, 0.2) is 0 Å². The topological polar surface area (TPSA) is 0 Å². The Morgan fingerprint density at radius 3 is 2.17 bits per heavy atom. The third-order valence-corrected chi connectivity index (χ3v) is 3.54. The molecule has 0 amide bonds. The Bertz CT molecular complexity index is 577. The first kappa shape index (κ1) is 13.6. The van der Waals surface area contributed by atoms with Crippen LogP contribution in [0.25, 0.3) is 11.1 Å². The summed E-state index contributed by atoms with van der Waals surface area (Å²) in [6.45, 7) is 0. The SMILES string of the molecule is Clc1cccc(C2=CC=CC2)c1C1=CC=CC1.[Ti]. The van der Waals surface area contributed by atoms with E-state index in [9.17, 15) is 0 Å². The fourth-order valence-corrected chi connectivity index (χ4v) is 2.69. The van der Waals surface area contributed by atoms with Crippen LogP contribution in [0.5, 0.6) is 0 Å². The molecule has 0 bridgehead atoms. The summed E-state index contributed by atoms with van der Waals surface area (Å²) in [6.07, 6.45) is 14.9. The van der Waals surface area contributed by atoms with E-state index < -0.39 is 0 Å². The summed E-state index contributed by atoms with van der Waals surface area (Å²) in [5.74, 6) is 0. The fourth-order valence-electron chi connectivity index (χ4n) is 2.40. The van der Waals surface area contributed by atoms with Crippen LogP contribution in [0.4, 0.5) is 0 Å². The zero-order chi connectivity index (χ0) is 11.7. The van der Waals surface area contributed by atoms with Crippen molar-refractivity contribution in [2.45, 2.75) is 12.8 Å².